The summed E-state index contributed by atoms with van der Waals surface area (Å²) in [4.78, 5) is 36.3. The summed E-state index contributed by atoms with van der Waals surface area (Å²) in [5.74, 6) is -0.583. The molecule has 2 amide bonds. The van der Waals surface area contributed by atoms with Crippen molar-refractivity contribution in [1.29, 1.82) is 0 Å². The van der Waals surface area contributed by atoms with E-state index in [0.29, 0.717) is 29.3 Å². The lowest BCUT2D eigenvalue weighted by Crippen LogP contribution is -2.39. The molecular weight excluding hydrogens is 360 g/mol. The molecule has 0 aliphatic carbocycles. The van der Waals surface area contributed by atoms with Crippen LogP contribution in [0.1, 0.15) is 36.5 Å². The highest BCUT2D eigenvalue weighted by Gasteiger charge is 2.29. The third-order valence-electron chi connectivity index (χ3n) is 4.21. The number of carbonyl (C=O) groups excluding carboxylic acids is 3. The molecule has 1 unspecified atom stereocenters. The Balaban J connectivity index is 1.54. The highest BCUT2D eigenvalue weighted by Crippen LogP contribution is 2.29. The van der Waals surface area contributed by atoms with E-state index in [1.165, 1.54) is 0 Å². The zero-order chi connectivity index (χ0) is 19.9. The van der Waals surface area contributed by atoms with Crippen LogP contribution in [-0.4, -0.2) is 30.5 Å². The van der Waals surface area contributed by atoms with E-state index in [0.717, 1.165) is 12.8 Å². The molecule has 146 valence electrons. The van der Waals surface area contributed by atoms with E-state index in [4.69, 9.17) is 9.47 Å². The molecule has 7 heteroatoms. The Bertz CT molecular complexity index is 863. The number of carbonyl (C=O) groups is 3. The van der Waals surface area contributed by atoms with Crippen molar-refractivity contribution >= 4 is 29.2 Å². The van der Waals surface area contributed by atoms with E-state index < -0.39 is 12.1 Å². The first kappa shape index (κ1) is 19.4. The number of nitrogens with one attached hydrogen (secondary N) is 2. The Morgan fingerprint density at radius 3 is 2.64 bits per heavy atom. The third-order valence-corrected chi connectivity index (χ3v) is 4.21. The number of amides is 2. The lowest BCUT2D eigenvalue weighted by molar-refractivity contribution is -0.128. The molecule has 1 aliphatic rings. The molecule has 0 aromatic heterocycles. The number of fused-ring (bicyclic) bond motifs is 1. The average Bonchev–Trinajstić information content (AvgIpc) is 2.69. The van der Waals surface area contributed by atoms with Crippen LogP contribution in [0, 0.1) is 0 Å². The SMILES string of the molecule is CCCCOC(=O)c1ccc(NC(=O)CC2Oc3ccccc3NC2=O)cc1. The highest BCUT2D eigenvalue weighted by molar-refractivity contribution is 6.02. The smallest absolute Gasteiger partial charge is 0.338 e. The van der Waals surface area contributed by atoms with Crippen LogP contribution in [0.4, 0.5) is 11.4 Å². The van der Waals surface area contributed by atoms with Crippen LogP contribution in [-0.2, 0) is 14.3 Å². The number of unbranched alkanes of at least 4 members (excludes halogenated alkanes) is 1. The highest BCUT2D eigenvalue weighted by atomic mass is 16.5. The van der Waals surface area contributed by atoms with Crippen LogP contribution in [0.25, 0.3) is 0 Å². The minimum Gasteiger partial charge on any atom is -0.478 e. The second-order valence-electron chi connectivity index (χ2n) is 6.41. The molecule has 1 atom stereocenters. The number of anilines is 2. The topological polar surface area (TPSA) is 93.7 Å². The van der Waals surface area contributed by atoms with Crippen molar-refractivity contribution in [2.45, 2.75) is 32.3 Å². The molecular formula is C21H22N2O5. The Kier molecular flexibility index (Phi) is 6.26. The van der Waals surface area contributed by atoms with Crippen molar-refractivity contribution in [2.75, 3.05) is 17.2 Å². The first-order chi connectivity index (χ1) is 13.6. The summed E-state index contributed by atoms with van der Waals surface area (Å²) < 4.78 is 10.8. The van der Waals surface area contributed by atoms with Gasteiger partial charge < -0.3 is 20.1 Å². The summed E-state index contributed by atoms with van der Waals surface area (Å²) in [6, 6.07) is 13.5. The summed E-state index contributed by atoms with van der Waals surface area (Å²) in [6.45, 7) is 2.41. The molecule has 2 aromatic carbocycles. The summed E-state index contributed by atoms with van der Waals surface area (Å²) in [6.07, 6.45) is 0.747. The van der Waals surface area contributed by atoms with Gasteiger partial charge >= 0.3 is 5.97 Å². The molecule has 0 saturated carbocycles. The van der Waals surface area contributed by atoms with Crippen LogP contribution in [0.5, 0.6) is 5.75 Å². The minimum atomic E-state index is -0.900. The van der Waals surface area contributed by atoms with Crippen molar-refractivity contribution in [3.8, 4) is 5.75 Å². The Hall–Kier alpha value is -3.35. The number of benzene rings is 2. The maximum atomic E-state index is 12.3. The lowest BCUT2D eigenvalue weighted by atomic mass is 10.1. The fourth-order valence-corrected chi connectivity index (χ4v) is 2.69. The van der Waals surface area contributed by atoms with Crippen molar-refractivity contribution in [2.24, 2.45) is 0 Å². The summed E-state index contributed by atoms with van der Waals surface area (Å²) in [5.41, 5.74) is 1.53. The number of esters is 1. The number of para-hydroxylation sites is 2. The van der Waals surface area contributed by atoms with Crippen LogP contribution in [0.2, 0.25) is 0 Å². The molecule has 28 heavy (non-hydrogen) atoms. The average molecular weight is 382 g/mol. The van der Waals surface area contributed by atoms with Crippen LogP contribution < -0.4 is 15.4 Å². The van der Waals surface area contributed by atoms with Gasteiger partial charge in [0.2, 0.25) is 5.91 Å². The van der Waals surface area contributed by atoms with Gasteiger partial charge in [0, 0.05) is 5.69 Å². The molecule has 0 saturated heterocycles. The van der Waals surface area contributed by atoms with E-state index in [9.17, 15) is 14.4 Å². The zero-order valence-corrected chi connectivity index (χ0v) is 15.6. The van der Waals surface area contributed by atoms with E-state index in [1.54, 1.807) is 48.5 Å². The predicted molar refractivity (Wildman–Crippen MR) is 104 cm³/mol. The molecule has 0 fully saturated rings. The van der Waals surface area contributed by atoms with Gasteiger partial charge in [-0.1, -0.05) is 25.5 Å². The minimum absolute atomic E-state index is 0.124. The summed E-state index contributed by atoms with van der Waals surface area (Å²) in [5, 5.41) is 5.43. The normalized spacial score (nSPS) is 15.0. The second-order valence-corrected chi connectivity index (χ2v) is 6.41. The summed E-state index contributed by atoms with van der Waals surface area (Å²) >= 11 is 0. The van der Waals surface area contributed by atoms with Gasteiger partial charge in [0.25, 0.3) is 5.91 Å². The monoisotopic (exact) mass is 382 g/mol. The number of hydrogen-bond donors (Lipinski definition) is 2. The zero-order valence-electron chi connectivity index (χ0n) is 15.6. The van der Waals surface area contributed by atoms with Gasteiger partial charge in [-0.3, -0.25) is 9.59 Å². The van der Waals surface area contributed by atoms with Crippen LogP contribution in [0.3, 0.4) is 0 Å². The van der Waals surface area contributed by atoms with E-state index in [1.807, 2.05) is 6.92 Å². The number of hydrogen-bond acceptors (Lipinski definition) is 5. The molecule has 0 bridgehead atoms. The molecule has 0 spiro atoms. The van der Waals surface area contributed by atoms with Gasteiger partial charge in [0.05, 0.1) is 24.3 Å². The molecule has 7 nitrogen and oxygen atoms in total. The van der Waals surface area contributed by atoms with Crippen LogP contribution in [0.15, 0.2) is 48.5 Å². The third kappa shape index (κ3) is 4.88. The van der Waals surface area contributed by atoms with Crippen molar-refractivity contribution in [3.63, 3.8) is 0 Å². The summed E-state index contributed by atoms with van der Waals surface area (Å²) in [7, 11) is 0. The van der Waals surface area contributed by atoms with E-state index in [-0.39, 0.29) is 18.2 Å². The van der Waals surface area contributed by atoms with Gasteiger partial charge in [-0.15, -0.1) is 0 Å². The molecule has 0 radical (unpaired) electrons. The Morgan fingerprint density at radius 1 is 1.14 bits per heavy atom. The fourth-order valence-electron chi connectivity index (χ4n) is 2.69. The molecule has 1 aliphatic heterocycles. The quantitative estimate of drug-likeness (QED) is 0.566. The molecule has 3 rings (SSSR count). The first-order valence-electron chi connectivity index (χ1n) is 9.20. The fraction of sp³-hybridized carbons (Fsp3) is 0.286. The predicted octanol–water partition coefficient (Wildman–Crippen LogP) is 3.37. The van der Waals surface area contributed by atoms with Gasteiger partial charge in [-0.05, 0) is 42.8 Å². The van der Waals surface area contributed by atoms with Gasteiger partial charge in [0.15, 0.2) is 6.10 Å². The molecule has 2 aromatic rings. The van der Waals surface area contributed by atoms with Crippen LogP contribution >= 0.6 is 0 Å². The maximum Gasteiger partial charge on any atom is 0.338 e. The maximum absolute atomic E-state index is 12.3. The van der Waals surface area contributed by atoms with Crippen molar-refractivity contribution in [1.82, 2.24) is 0 Å². The second kappa shape index (κ2) is 9.03. The number of ether oxygens (including phenoxy) is 2. The van der Waals surface area contributed by atoms with Crippen molar-refractivity contribution in [3.05, 3.63) is 54.1 Å². The molecule has 1 heterocycles. The van der Waals surface area contributed by atoms with Gasteiger partial charge in [-0.2, -0.15) is 0 Å². The molecule has 2 N–H and O–H groups in total. The Morgan fingerprint density at radius 2 is 1.89 bits per heavy atom. The van der Waals surface area contributed by atoms with Crippen molar-refractivity contribution < 1.29 is 23.9 Å². The van der Waals surface area contributed by atoms with Gasteiger partial charge in [0.1, 0.15) is 5.75 Å². The number of rotatable bonds is 7. The van der Waals surface area contributed by atoms with E-state index >= 15 is 0 Å². The van der Waals surface area contributed by atoms with Gasteiger partial charge in [-0.25, -0.2) is 4.79 Å². The lowest BCUT2D eigenvalue weighted by Gasteiger charge is -2.25. The first-order valence-corrected chi connectivity index (χ1v) is 9.20. The largest absolute Gasteiger partial charge is 0.478 e. The Labute approximate surface area is 163 Å². The standard InChI is InChI=1S/C21H22N2O5/c1-2-3-12-27-21(26)14-8-10-15(11-9-14)22-19(24)13-18-20(25)23-16-6-4-5-7-17(16)28-18/h4-11,18H,2-3,12-13H2,1H3,(H,22,24)(H,23,25). The van der Waals surface area contributed by atoms with E-state index in [2.05, 4.69) is 10.6 Å².